The minimum Gasteiger partial charge on any atom is -0.351 e. The highest BCUT2D eigenvalue weighted by atomic mass is 32.2. The van der Waals surface area contributed by atoms with Gasteiger partial charge in [0.25, 0.3) is 5.56 Å². The van der Waals surface area contributed by atoms with Crippen molar-refractivity contribution in [2.45, 2.75) is 44.2 Å². The number of nitrogens with one attached hydrogen (secondary N) is 2. The standard InChI is InChI=1S/C21H20F3N3O2S2/c22-21(23,24)13-7-5-12(6-8-13)9-25-17(28)11-30-10-16-26-19(29)18-14-3-1-2-4-15(14)31-20(18)27-16/h5-8H,1-4,9-11H2,(H,25,28)(H,26,27,29). The Bertz CT molecular complexity index is 1150. The first kappa shape index (κ1) is 21.9. The van der Waals surface area contributed by atoms with Crippen LogP contribution in [0, 0.1) is 0 Å². The molecule has 1 amide bonds. The van der Waals surface area contributed by atoms with Crippen LogP contribution < -0.4 is 10.9 Å². The summed E-state index contributed by atoms with van der Waals surface area (Å²) < 4.78 is 37.8. The number of fused-ring (bicyclic) bond motifs is 3. The van der Waals surface area contributed by atoms with Crippen LogP contribution in [0.3, 0.4) is 0 Å². The molecule has 0 fully saturated rings. The number of carbonyl (C=O) groups is 1. The summed E-state index contributed by atoms with van der Waals surface area (Å²) in [5.74, 6) is 0.849. The normalized spacial score (nSPS) is 13.9. The molecular weight excluding hydrogens is 447 g/mol. The lowest BCUT2D eigenvalue weighted by atomic mass is 9.97. The number of hydrogen-bond acceptors (Lipinski definition) is 5. The number of alkyl halides is 3. The lowest BCUT2D eigenvalue weighted by molar-refractivity contribution is -0.137. The molecule has 1 aromatic carbocycles. The number of aryl methyl sites for hydroxylation is 2. The summed E-state index contributed by atoms with van der Waals surface area (Å²) in [6.07, 6.45) is -0.218. The van der Waals surface area contributed by atoms with E-state index in [9.17, 15) is 22.8 Å². The number of hydrogen-bond donors (Lipinski definition) is 2. The van der Waals surface area contributed by atoms with E-state index in [1.165, 1.54) is 28.8 Å². The highest BCUT2D eigenvalue weighted by Gasteiger charge is 2.29. The lowest BCUT2D eigenvalue weighted by Crippen LogP contribution is -2.24. The van der Waals surface area contributed by atoms with E-state index in [2.05, 4.69) is 15.3 Å². The number of aromatic amines is 1. The van der Waals surface area contributed by atoms with Gasteiger partial charge in [0.1, 0.15) is 10.7 Å². The summed E-state index contributed by atoms with van der Waals surface area (Å²) in [6, 6.07) is 4.69. The van der Waals surface area contributed by atoms with Crippen molar-refractivity contribution in [3.63, 3.8) is 0 Å². The van der Waals surface area contributed by atoms with Gasteiger partial charge in [-0.05, 0) is 48.9 Å². The topological polar surface area (TPSA) is 74.8 Å². The predicted molar refractivity (Wildman–Crippen MR) is 116 cm³/mol. The Morgan fingerprint density at radius 3 is 2.68 bits per heavy atom. The second kappa shape index (κ2) is 9.04. The fraction of sp³-hybridized carbons (Fsp3) is 0.381. The van der Waals surface area contributed by atoms with E-state index in [0.717, 1.165) is 48.2 Å². The van der Waals surface area contributed by atoms with E-state index < -0.39 is 11.7 Å². The number of nitrogens with zero attached hydrogens (tertiary/aromatic N) is 1. The molecule has 31 heavy (non-hydrogen) atoms. The number of thioether (sulfide) groups is 1. The maximum atomic E-state index is 12.6. The number of carbonyl (C=O) groups excluding carboxylic acids is 1. The zero-order valence-corrected chi connectivity index (χ0v) is 18.1. The van der Waals surface area contributed by atoms with Crippen molar-refractivity contribution >= 4 is 39.2 Å². The van der Waals surface area contributed by atoms with E-state index in [4.69, 9.17) is 0 Å². The molecule has 0 bridgehead atoms. The summed E-state index contributed by atoms with van der Waals surface area (Å²) in [4.78, 5) is 34.0. The van der Waals surface area contributed by atoms with Crippen LogP contribution in [-0.4, -0.2) is 21.6 Å². The molecule has 10 heteroatoms. The molecule has 1 aliphatic rings. The summed E-state index contributed by atoms with van der Waals surface area (Å²) in [7, 11) is 0. The second-order valence-electron chi connectivity index (χ2n) is 7.37. The van der Waals surface area contributed by atoms with Gasteiger partial charge in [-0.1, -0.05) is 12.1 Å². The molecular formula is C21H20F3N3O2S2. The van der Waals surface area contributed by atoms with Gasteiger partial charge in [0, 0.05) is 11.4 Å². The molecule has 1 aliphatic carbocycles. The van der Waals surface area contributed by atoms with Gasteiger partial charge in [-0.25, -0.2) is 4.98 Å². The van der Waals surface area contributed by atoms with E-state index in [1.54, 1.807) is 11.3 Å². The van der Waals surface area contributed by atoms with Gasteiger partial charge >= 0.3 is 6.18 Å². The SMILES string of the molecule is O=C(CSCc1nc2sc3c(c2c(=O)[nH]1)CCCC3)NCc1ccc(C(F)(F)F)cc1. The summed E-state index contributed by atoms with van der Waals surface area (Å²) >= 11 is 2.90. The van der Waals surface area contributed by atoms with Crippen LogP contribution in [0.2, 0.25) is 0 Å². The maximum absolute atomic E-state index is 12.6. The molecule has 0 atom stereocenters. The molecule has 0 saturated heterocycles. The Labute approximate surface area is 184 Å². The smallest absolute Gasteiger partial charge is 0.351 e. The first-order chi connectivity index (χ1) is 14.8. The van der Waals surface area contributed by atoms with Crippen LogP contribution in [0.1, 0.15) is 40.2 Å². The number of halogens is 3. The predicted octanol–water partition coefficient (Wildman–Crippen LogP) is 4.43. The lowest BCUT2D eigenvalue weighted by Gasteiger charge is -2.09. The zero-order chi connectivity index (χ0) is 22.0. The Morgan fingerprint density at radius 1 is 1.19 bits per heavy atom. The molecule has 5 nitrogen and oxygen atoms in total. The largest absolute Gasteiger partial charge is 0.416 e. The molecule has 164 valence electrons. The fourth-order valence-electron chi connectivity index (χ4n) is 3.58. The number of benzene rings is 1. The molecule has 0 spiro atoms. The molecule has 0 unspecified atom stereocenters. The second-order valence-corrected chi connectivity index (χ2v) is 9.44. The first-order valence-electron chi connectivity index (χ1n) is 9.85. The van der Waals surface area contributed by atoms with E-state index in [1.807, 2.05) is 0 Å². The van der Waals surface area contributed by atoms with Crippen LogP contribution in [-0.2, 0) is 36.1 Å². The number of amides is 1. The minimum atomic E-state index is -4.38. The van der Waals surface area contributed by atoms with Crippen molar-refractivity contribution < 1.29 is 18.0 Å². The van der Waals surface area contributed by atoms with Crippen molar-refractivity contribution in [3.8, 4) is 0 Å². The third-order valence-electron chi connectivity index (χ3n) is 5.12. The van der Waals surface area contributed by atoms with Crippen molar-refractivity contribution in [1.82, 2.24) is 15.3 Å². The third kappa shape index (κ3) is 5.12. The molecule has 2 N–H and O–H groups in total. The molecule has 2 aromatic heterocycles. The van der Waals surface area contributed by atoms with Crippen LogP contribution in [0.25, 0.3) is 10.2 Å². The number of aromatic nitrogens is 2. The zero-order valence-electron chi connectivity index (χ0n) is 16.5. The summed E-state index contributed by atoms with van der Waals surface area (Å²) in [5, 5.41) is 3.40. The van der Waals surface area contributed by atoms with E-state index in [-0.39, 0.29) is 23.8 Å². The van der Waals surface area contributed by atoms with Gasteiger partial charge in [0.15, 0.2) is 0 Å². The van der Waals surface area contributed by atoms with Gasteiger partial charge in [-0.3, -0.25) is 9.59 Å². The average Bonchev–Trinajstić information content (AvgIpc) is 3.11. The molecule has 0 aliphatic heterocycles. The van der Waals surface area contributed by atoms with Crippen LogP contribution in [0.4, 0.5) is 13.2 Å². The van der Waals surface area contributed by atoms with Crippen molar-refractivity contribution in [2.24, 2.45) is 0 Å². The van der Waals surface area contributed by atoms with Crippen LogP contribution in [0.5, 0.6) is 0 Å². The van der Waals surface area contributed by atoms with Crippen LogP contribution >= 0.6 is 23.1 Å². The van der Waals surface area contributed by atoms with Gasteiger partial charge in [-0.15, -0.1) is 23.1 Å². The summed E-state index contributed by atoms with van der Waals surface area (Å²) in [5.41, 5.74) is 0.890. The highest BCUT2D eigenvalue weighted by Crippen LogP contribution is 2.33. The van der Waals surface area contributed by atoms with E-state index >= 15 is 0 Å². The monoisotopic (exact) mass is 467 g/mol. The quantitative estimate of drug-likeness (QED) is 0.562. The third-order valence-corrected chi connectivity index (χ3v) is 7.25. The Kier molecular flexibility index (Phi) is 6.38. The fourth-order valence-corrected chi connectivity index (χ4v) is 5.58. The van der Waals surface area contributed by atoms with Gasteiger partial charge in [0.05, 0.1) is 22.5 Å². The highest BCUT2D eigenvalue weighted by molar-refractivity contribution is 7.99. The first-order valence-corrected chi connectivity index (χ1v) is 11.8. The van der Waals surface area contributed by atoms with Crippen molar-refractivity contribution in [2.75, 3.05) is 5.75 Å². The van der Waals surface area contributed by atoms with Gasteiger partial charge in [-0.2, -0.15) is 13.2 Å². The summed E-state index contributed by atoms with van der Waals surface area (Å²) in [6.45, 7) is 0.152. The number of H-pyrrole nitrogens is 1. The molecule has 0 radical (unpaired) electrons. The molecule has 2 heterocycles. The number of rotatable bonds is 6. The number of thiophene rings is 1. The molecule has 3 aromatic rings. The van der Waals surface area contributed by atoms with E-state index in [0.29, 0.717) is 22.5 Å². The average molecular weight is 468 g/mol. The molecule has 0 saturated carbocycles. The van der Waals surface area contributed by atoms with Crippen molar-refractivity contribution in [1.29, 1.82) is 0 Å². The maximum Gasteiger partial charge on any atom is 0.416 e. The van der Waals surface area contributed by atoms with Gasteiger partial charge in [0.2, 0.25) is 5.91 Å². The Hall–Kier alpha value is -2.33. The Morgan fingerprint density at radius 2 is 1.94 bits per heavy atom. The minimum absolute atomic E-state index is 0.119. The molecule has 4 rings (SSSR count). The van der Waals surface area contributed by atoms with Gasteiger partial charge < -0.3 is 10.3 Å². The van der Waals surface area contributed by atoms with Crippen LogP contribution in [0.15, 0.2) is 29.1 Å². The Balaban J connectivity index is 1.29. The van der Waals surface area contributed by atoms with Crippen molar-refractivity contribution in [3.05, 3.63) is 62.0 Å².